The van der Waals surface area contributed by atoms with Crippen molar-refractivity contribution in [1.29, 1.82) is 0 Å². The van der Waals surface area contributed by atoms with Crippen molar-refractivity contribution in [1.82, 2.24) is 9.78 Å². The predicted octanol–water partition coefficient (Wildman–Crippen LogP) is 4.47. The van der Waals surface area contributed by atoms with Crippen LogP contribution < -0.4 is 10.6 Å². The molecule has 1 saturated heterocycles. The second-order valence-corrected chi connectivity index (χ2v) is 7.26. The number of nitrogens with two attached hydrogens (primary N) is 1. The van der Waals surface area contributed by atoms with Crippen LogP contribution >= 0.6 is 0 Å². The van der Waals surface area contributed by atoms with Crippen molar-refractivity contribution in [3.63, 3.8) is 0 Å². The first-order chi connectivity index (χ1) is 13.5. The van der Waals surface area contributed by atoms with Gasteiger partial charge in [0, 0.05) is 30.8 Å². The lowest BCUT2D eigenvalue weighted by atomic mass is 10.1. The molecule has 1 fully saturated rings. The quantitative estimate of drug-likeness (QED) is 0.688. The van der Waals surface area contributed by atoms with Gasteiger partial charge < -0.3 is 10.6 Å². The summed E-state index contributed by atoms with van der Waals surface area (Å²) in [6.07, 6.45) is 2.05. The zero-order valence-electron chi connectivity index (χ0n) is 15.8. The van der Waals surface area contributed by atoms with Crippen LogP contribution in [0.25, 0.3) is 21.8 Å². The fourth-order valence-corrected chi connectivity index (χ4v) is 3.59. The molecule has 1 aromatic heterocycles. The Morgan fingerprint density at radius 3 is 2.64 bits per heavy atom. The van der Waals surface area contributed by atoms with E-state index in [2.05, 4.69) is 9.74 Å². The Balaban J connectivity index is 1.80. The number of halogens is 1. The topological polar surface area (TPSA) is 51.4 Å². The van der Waals surface area contributed by atoms with Gasteiger partial charge in [-0.2, -0.15) is 5.10 Å². The highest BCUT2D eigenvalue weighted by molar-refractivity contribution is 5.68. The molecule has 0 saturated carbocycles. The largest absolute Gasteiger partial charge is 0.355 e. The van der Waals surface area contributed by atoms with Gasteiger partial charge in [-0.3, -0.25) is 0 Å². The van der Waals surface area contributed by atoms with E-state index in [1.807, 2.05) is 41.9 Å². The van der Waals surface area contributed by atoms with Gasteiger partial charge >= 0.3 is 0 Å². The molecule has 0 amide bonds. The van der Waals surface area contributed by atoms with E-state index in [-0.39, 0.29) is 11.7 Å². The fraction of sp³-hybridized carbons (Fsp3) is 0.273. The van der Waals surface area contributed by atoms with Crippen molar-refractivity contribution in [3.8, 4) is 16.9 Å². The number of hydrogen-bond donors (Lipinski definition) is 1. The van der Waals surface area contributed by atoms with Gasteiger partial charge in [-0.15, -0.1) is 0 Å². The molecular formula is C22H22FN5. The number of aryl methyl sites for hydroxylation is 1. The van der Waals surface area contributed by atoms with E-state index in [1.165, 1.54) is 17.7 Å². The summed E-state index contributed by atoms with van der Waals surface area (Å²) in [5.41, 5.74) is 9.66. The highest BCUT2D eigenvalue weighted by Crippen LogP contribution is 2.31. The zero-order valence-corrected chi connectivity index (χ0v) is 15.8. The number of rotatable bonds is 3. The molecule has 0 radical (unpaired) electrons. The van der Waals surface area contributed by atoms with Gasteiger partial charge in [0.2, 0.25) is 5.69 Å². The summed E-state index contributed by atoms with van der Waals surface area (Å²) in [7, 11) is 0. The average Bonchev–Trinajstić information content (AvgIpc) is 3.14. The fourth-order valence-electron chi connectivity index (χ4n) is 3.59. The standard InChI is InChI=1S/C22H22FN5/c1-15-5-8-18(9-6-15)28-22(27-11-3-4-17(24)14-27)13-21(26-28)16-7-10-20(25-2)19(23)12-16/h5-10,12-13,17H,3-4,11,14,24H2,1H3. The molecule has 0 aliphatic carbocycles. The molecule has 0 bridgehead atoms. The lowest BCUT2D eigenvalue weighted by Crippen LogP contribution is -2.43. The van der Waals surface area contributed by atoms with Crippen LogP contribution in [0.5, 0.6) is 0 Å². The SMILES string of the molecule is [C-]#[N+]c1ccc(-c2cc(N3CCCC(N)C3)n(-c3ccc(C)cc3)n2)cc1F. The number of benzene rings is 2. The molecule has 4 rings (SSSR count). The Labute approximate surface area is 164 Å². The van der Waals surface area contributed by atoms with E-state index in [1.54, 1.807) is 6.07 Å². The van der Waals surface area contributed by atoms with Crippen molar-refractivity contribution < 1.29 is 4.39 Å². The zero-order chi connectivity index (χ0) is 19.7. The first kappa shape index (κ1) is 18.2. The summed E-state index contributed by atoms with van der Waals surface area (Å²) in [5, 5.41) is 4.77. The van der Waals surface area contributed by atoms with E-state index < -0.39 is 5.82 Å². The Hall–Kier alpha value is -3.17. The minimum atomic E-state index is -0.529. The van der Waals surface area contributed by atoms with Crippen LogP contribution in [-0.4, -0.2) is 28.9 Å². The second-order valence-electron chi connectivity index (χ2n) is 7.26. The minimum absolute atomic E-state index is 0.0175. The summed E-state index contributed by atoms with van der Waals surface area (Å²) in [6, 6.07) is 14.9. The van der Waals surface area contributed by atoms with Crippen molar-refractivity contribution in [3.05, 3.63) is 71.3 Å². The molecular weight excluding hydrogens is 353 g/mol. The molecule has 1 aliphatic heterocycles. The molecule has 1 unspecified atom stereocenters. The van der Waals surface area contributed by atoms with Gasteiger partial charge in [-0.05, 0) is 38.0 Å². The summed E-state index contributed by atoms with van der Waals surface area (Å²) < 4.78 is 16.0. The van der Waals surface area contributed by atoms with Crippen LogP contribution in [0, 0.1) is 19.3 Å². The van der Waals surface area contributed by atoms with Crippen LogP contribution in [0.2, 0.25) is 0 Å². The summed E-state index contributed by atoms with van der Waals surface area (Å²) in [4.78, 5) is 5.44. The maximum Gasteiger partial charge on any atom is 0.222 e. The van der Waals surface area contributed by atoms with E-state index in [0.29, 0.717) is 11.3 Å². The van der Waals surface area contributed by atoms with Gasteiger partial charge in [0.1, 0.15) is 11.6 Å². The number of piperidine rings is 1. The van der Waals surface area contributed by atoms with Crippen LogP contribution in [0.4, 0.5) is 15.9 Å². The molecule has 5 nitrogen and oxygen atoms in total. The Morgan fingerprint density at radius 1 is 1.18 bits per heavy atom. The summed E-state index contributed by atoms with van der Waals surface area (Å²) >= 11 is 0. The van der Waals surface area contributed by atoms with Crippen molar-refractivity contribution in [2.75, 3.05) is 18.0 Å². The summed E-state index contributed by atoms with van der Waals surface area (Å²) in [5.74, 6) is 0.419. The number of anilines is 1. The molecule has 2 heterocycles. The smallest absolute Gasteiger partial charge is 0.222 e. The third kappa shape index (κ3) is 3.49. The van der Waals surface area contributed by atoms with Gasteiger partial charge in [0.05, 0.1) is 18.0 Å². The van der Waals surface area contributed by atoms with E-state index in [0.717, 1.165) is 37.4 Å². The molecule has 3 aromatic rings. The van der Waals surface area contributed by atoms with E-state index in [9.17, 15) is 4.39 Å². The normalized spacial score (nSPS) is 16.8. The van der Waals surface area contributed by atoms with Crippen LogP contribution in [0.15, 0.2) is 48.5 Å². The second kappa shape index (κ2) is 7.45. The molecule has 6 heteroatoms. The van der Waals surface area contributed by atoms with Gasteiger partial charge in [-0.1, -0.05) is 29.8 Å². The first-order valence-electron chi connectivity index (χ1n) is 9.40. The maximum atomic E-state index is 14.1. The highest BCUT2D eigenvalue weighted by atomic mass is 19.1. The third-order valence-electron chi connectivity index (χ3n) is 5.11. The lowest BCUT2D eigenvalue weighted by Gasteiger charge is -2.32. The molecule has 2 N–H and O–H groups in total. The minimum Gasteiger partial charge on any atom is -0.355 e. The molecule has 0 spiro atoms. The Bertz CT molecular complexity index is 1030. The van der Waals surface area contributed by atoms with Crippen molar-refractivity contribution >= 4 is 11.5 Å². The molecule has 1 atom stereocenters. The van der Waals surface area contributed by atoms with Gasteiger partial charge in [-0.25, -0.2) is 13.9 Å². The Morgan fingerprint density at radius 2 is 1.96 bits per heavy atom. The van der Waals surface area contributed by atoms with Crippen molar-refractivity contribution in [2.45, 2.75) is 25.8 Å². The maximum absolute atomic E-state index is 14.1. The predicted molar refractivity (Wildman–Crippen MR) is 109 cm³/mol. The molecule has 28 heavy (non-hydrogen) atoms. The molecule has 142 valence electrons. The van der Waals surface area contributed by atoms with E-state index >= 15 is 0 Å². The average molecular weight is 375 g/mol. The Kier molecular flexibility index (Phi) is 4.84. The lowest BCUT2D eigenvalue weighted by molar-refractivity contribution is 0.500. The highest BCUT2D eigenvalue weighted by Gasteiger charge is 2.22. The van der Waals surface area contributed by atoms with Crippen LogP contribution in [0.1, 0.15) is 18.4 Å². The monoisotopic (exact) mass is 375 g/mol. The van der Waals surface area contributed by atoms with Gasteiger partial charge in [0.25, 0.3) is 0 Å². The van der Waals surface area contributed by atoms with Crippen LogP contribution in [0.3, 0.4) is 0 Å². The van der Waals surface area contributed by atoms with E-state index in [4.69, 9.17) is 17.4 Å². The number of aromatic nitrogens is 2. The third-order valence-corrected chi connectivity index (χ3v) is 5.11. The van der Waals surface area contributed by atoms with Gasteiger partial charge in [0.15, 0.2) is 0 Å². The van der Waals surface area contributed by atoms with Crippen molar-refractivity contribution in [2.24, 2.45) is 5.73 Å². The van der Waals surface area contributed by atoms with Crippen LogP contribution in [-0.2, 0) is 0 Å². The number of hydrogen-bond acceptors (Lipinski definition) is 3. The molecule has 1 aliphatic rings. The number of nitrogens with zero attached hydrogens (tertiary/aromatic N) is 4. The molecule has 2 aromatic carbocycles. The summed E-state index contributed by atoms with van der Waals surface area (Å²) in [6.45, 7) is 10.8. The first-order valence-corrected chi connectivity index (χ1v) is 9.40.